The number of aromatic nitrogens is 2. The van der Waals surface area contributed by atoms with Gasteiger partial charge in [-0.1, -0.05) is 82.3 Å². The minimum atomic E-state index is -0.367. The smallest absolute Gasteiger partial charge is 0.326 e. The molecule has 0 atom stereocenters. The van der Waals surface area contributed by atoms with Gasteiger partial charge >= 0.3 is 6.03 Å². The number of aromatic amines is 1. The number of aliphatic hydroxyl groups is 1. The monoisotopic (exact) mass is 602 g/mol. The highest BCUT2D eigenvalue weighted by atomic mass is 16.3. The lowest BCUT2D eigenvalue weighted by Gasteiger charge is -2.27. The van der Waals surface area contributed by atoms with Gasteiger partial charge in [0.15, 0.2) is 0 Å². The van der Waals surface area contributed by atoms with E-state index in [1.165, 1.54) is 5.56 Å². The maximum absolute atomic E-state index is 14.3. The number of pyridine rings is 2. The van der Waals surface area contributed by atoms with Crippen LogP contribution in [0, 0.1) is 0 Å². The molecule has 5 rings (SSSR count). The zero-order valence-corrected chi connectivity index (χ0v) is 26.5. The number of hydrogen-bond donors (Lipinski definition) is 3. The Hall–Kier alpha value is -4.75. The van der Waals surface area contributed by atoms with Crippen LogP contribution in [0.15, 0.2) is 95.9 Å². The van der Waals surface area contributed by atoms with Gasteiger partial charge in [-0.05, 0) is 94.8 Å². The van der Waals surface area contributed by atoms with E-state index in [4.69, 9.17) is 0 Å². The molecule has 2 aromatic heterocycles. The van der Waals surface area contributed by atoms with Crippen LogP contribution in [0.1, 0.15) is 68.2 Å². The average Bonchev–Trinajstić information content (AvgIpc) is 3.04. The van der Waals surface area contributed by atoms with Gasteiger partial charge in [-0.2, -0.15) is 0 Å². The van der Waals surface area contributed by atoms with Gasteiger partial charge in [-0.15, -0.1) is 0 Å². The van der Waals surface area contributed by atoms with Crippen molar-refractivity contribution >= 4 is 28.4 Å². The number of benzene rings is 3. The zero-order valence-electron chi connectivity index (χ0n) is 26.5. The molecule has 45 heavy (non-hydrogen) atoms. The quantitative estimate of drug-likeness (QED) is 0.142. The Labute approximate surface area is 265 Å². The number of nitrogens with zero attached hydrogens (tertiary/aromatic N) is 2. The van der Waals surface area contributed by atoms with Gasteiger partial charge < -0.3 is 15.4 Å². The molecule has 7 heteroatoms. The molecular formula is C38H42N4O3. The summed E-state index contributed by atoms with van der Waals surface area (Å²) in [4.78, 5) is 36.3. The summed E-state index contributed by atoms with van der Waals surface area (Å²) < 4.78 is 0. The van der Waals surface area contributed by atoms with Crippen molar-refractivity contribution in [1.29, 1.82) is 0 Å². The third-order valence-electron chi connectivity index (χ3n) is 8.16. The van der Waals surface area contributed by atoms with Crippen molar-refractivity contribution in [2.75, 3.05) is 23.4 Å². The molecule has 0 radical (unpaired) electrons. The number of fused-ring (bicyclic) bond motifs is 1. The molecule has 0 fully saturated rings. The largest absolute Gasteiger partial charge is 0.396 e. The standard InChI is InChI=1S/C38H42N4O3/c1-25(2)32-22-31(29-15-8-13-28(21-29)14-10-20-43)23-33(26(3)4)35(32)40-38(45)42(19-17-27-11-6-5-7-12-27)34-24-30-16-9-18-39-36(30)41-37(34)44/h5-9,11-13,15-16,18,21-26,43H,10,14,17,19-20H2,1-4H3,(H,40,45)(H,39,41,44). The van der Waals surface area contributed by atoms with Gasteiger partial charge in [0.05, 0.1) is 0 Å². The molecule has 0 unspecified atom stereocenters. The van der Waals surface area contributed by atoms with E-state index in [-0.39, 0.29) is 35.7 Å². The third-order valence-corrected chi connectivity index (χ3v) is 8.16. The fourth-order valence-electron chi connectivity index (χ4n) is 5.71. The van der Waals surface area contributed by atoms with Crippen molar-refractivity contribution in [2.45, 2.75) is 58.8 Å². The first kappa shape index (κ1) is 31.7. The maximum atomic E-state index is 14.3. The number of H-pyrrole nitrogens is 1. The van der Waals surface area contributed by atoms with Gasteiger partial charge in [0.2, 0.25) is 0 Å². The fraction of sp³-hybridized carbons (Fsp3) is 0.289. The molecule has 0 saturated heterocycles. The van der Waals surface area contributed by atoms with Crippen LogP contribution < -0.4 is 15.8 Å². The number of carbonyl (C=O) groups excluding carboxylic acids is 1. The molecule has 3 N–H and O–H groups in total. The van der Waals surface area contributed by atoms with Crippen molar-refractivity contribution in [1.82, 2.24) is 9.97 Å². The SMILES string of the molecule is CC(C)c1cc(-c2cccc(CCCO)c2)cc(C(C)C)c1NC(=O)N(CCc1ccccc1)c1cc2cccnc2[nH]c1=O. The number of rotatable bonds is 11. The minimum absolute atomic E-state index is 0.128. The molecule has 2 amide bonds. The molecule has 0 saturated carbocycles. The first-order valence-electron chi connectivity index (χ1n) is 15.7. The van der Waals surface area contributed by atoms with E-state index in [0.29, 0.717) is 18.6 Å². The van der Waals surface area contributed by atoms with Crippen molar-refractivity contribution in [3.05, 3.63) is 124 Å². The molecular weight excluding hydrogens is 560 g/mol. The Morgan fingerprint density at radius 1 is 0.844 bits per heavy atom. The summed E-state index contributed by atoms with van der Waals surface area (Å²) in [5.74, 6) is 0.256. The molecule has 0 aliphatic carbocycles. The number of nitrogens with one attached hydrogen (secondary N) is 2. The predicted octanol–water partition coefficient (Wildman–Crippen LogP) is 8.04. The summed E-state index contributed by atoms with van der Waals surface area (Å²) in [6, 6.07) is 27.8. The summed E-state index contributed by atoms with van der Waals surface area (Å²) in [7, 11) is 0. The summed E-state index contributed by atoms with van der Waals surface area (Å²) in [6.45, 7) is 9.00. The second-order valence-electron chi connectivity index (χ2n) is 12.1. The van der Waals surface area contributed by atoms with Crippen molar-refractivity contribution in [3.63, 3.8) is 0 Å². The molecule has 2 heterocycles. The van der Waals surface area contributed by atoms with E-state index in [1.54, 1.807) is 17.2 Å². The predicted molar refractivity (Wildman–Crippen MR) is 184 cm³/mol. The van der Waals surface area contributed by atoms with E-state index in [0.717, 1.165) is 51.7 Å². The number of carbonyl (C=O) groups is 1. The molecule has 232 valence electrons. The number of anilines is 2. The lowest BCUT2D eigenvalue weighted by Crippen LogP contribution is -2.40. The number of amides is 2. The Morgan fingerprint density at radius 2 is 1.56 bits per heavy atom. The van der Waals surface area contributed by atoms with Gasteiger partial charge in [0.1, 0.15) is 11.3 Å². The Balaban J connectivity index is 1.56. The molecule has 0 aliphatic rings. The van der Waals surface area contributed by atoms with E-state index in [1.807, 2.05) is 42.5 Å². The lowest BCUT2D eigenvalue weighted by atomic mass is 9.88. The van der Waals surface area contributed by atoms with Crippen molar-refractivity contribution in [3.8, 4) is 11.1 Å². The van der Waals surface area contributed by atoms with E-state index in [9.17, 15) is 14.7 Å². The highest BCUT2D eigenvalue weighted by Crippen LogP contribution is 2.38. The van der Waals surface area contributed by atoms with E-state index < -0.39 is 0 Å². The number of aryl methyl sites for hydroxylation is 1. The van der Waals surface area contributed by atoms with Crippen LogP contribution in [0.4, 0.5) is 16.2 Å². The van der Waals surface area contributed by atoms with E-state index in [2.05, 4.69) is 79.4 Å². The summed E-state index contributed by atoms with van der Waals surface area (Å²) in [5, 5.41) is 13.3. The summed E-state index contributed by atoms with van der Waals surface area (Å²) >= 11 is 0. The van der Waals surface area contributed by atoms with Crippen LogP contribution in [0.3, 0.4) is 0 Å². The molecule has 7 nitrogen and oxygen atoms in total. The van der Waals surface area contributed by atoms with Crippen LogP contribution in [0.25, 0.3) is 22.2 Å². The first-order valence-corrected chi connectivity index (χ1v) is 15.7. The lowest BCUT2D eigenvalue weighted by molar-refractivity contribution is 0.257. The minimum Gasteiger partial charge on any atom is -0.396 e. The van der Waals surface area contributed by atoms with E-state index >= 15 is 0 Å². The number of hydrogen-bond acceptors (Lipinski definition) is 4. The zero-order chi connectivity index (χ0) is 31.9. The van der Waals surface area contributed by atoms with Gasteiger partial charge in [-0.3, -0.25) is 9.69 Å². The van der Waals surface area contributed by atoms with Gasteiger partial charge in [0.25, 0.3) is 5.56 Å². The fourth-order valence-corrected chi connectivity index (χ4v) is 5.71. The molecule has 5 aromatic rings. The summed E-state index contributed by atoms with van der Waals surface area (Å²) in [6.07, 6.45) is 3.75. The van der Waals surface area contributed by atoms with Crippen LogP contribution >= 0.6 is 0 Å². The number of urea groups is 1. The van der Waals surface area contributed by atoms with Gasteiger partial charge in [0, 0.05) is 30.4 Å². The number of aliphatic hydroxyl groups excluding tert-OH is 1. The highest BCUT2D eigenvalue weighted by molar-refractivity contribution is 6.03. The Morgan fingerprint density at radius 3 is 2.24 bits per heavy atom. The van der Waals surface area contributed by atoms with Crippen LogP contribution in [-0.4, -0.2) is 34.3 Å². The molecule has 0 bridgehead atoms. The first-order chi connectivity index (χ1) is 21.7. The average molecular weight is 603 g/mol. The Bertz CT molecular complexity index is 1800. The van der Waals surface area contributed by atoms with Crippen LogP contribution in [0.5, 0.6) is 0 Å². The third kappa shape index (κ3) is 7.49. The highest BCUT2D eigenvalue weighted by Gasteiger charge is 2.24. The second-order valence-corrected chi connectivity index (χ2v) is 12.1. The normalized spacial score (nSPS) is 11.4. The molecule has 3 aromatic carbocycles. The maximum Gasteiger partial charge on any atom is 0.326 e. The van der Waals surface area contributed by atoms with Crippen LogP contribution in [-0.2, 0) is 12.8 Å². The molecule has 0 aliphatic heterocycles. The van der Waals surface area contributed by atoms with Crippen molar-refractivity contribution in [2.24, 2.45) is 0 Å². The summed E-state index contributed by atoms with van der Waals surface area (Å²) in [5.41, 5.74) is 7.69. The second kappa shape index (κ2) is 14.4. The Kier molecular flexibility index (Phi) is 10.1. The van der Waals surface area contributed by atoms with Crippen molar-refractivity contribution < 1.29 is 9.90 Å². The van der Waals surface area contributed by atoms with Crippen LogP contribution in [0.2, 0.25) is 0 Å². The van der Waals surface area contributed by atoms with Gasteiger partial charge in [-0.25, -0.2) is 9.78 Å². The topological polar surface area (TPSA) is 98.3 Å². The molecule has 0 spiro atoms.